The van der Waals surface area contributed by atoms with Crippen LogP contribution in [-0.4, -0.2) is 15.6 Å². The van der Waals surface area contributed by atoms with Crippen LogP contribution in [0.4, 0.5) is 0 Å². The first kappa shape index (κ1) is 13.3. The summed E-state index contributed by atoms with van der Waals surface area (Å²) < 4.78 is 2.93. The summed E-state index contributed by atoms with van der Waals surface area (Å²) in [5.41, 5.74) is 2.56. The van der Waals surface area contributed by atoms with Gasteiger partial charge < -0.3 is 0 Å². The van der Waals surface area contributed by atoms with E-state index in [4.69, 9.17) is 0 Å². The molecule has 0 saturated heterocycles. The summed E-state index contributed by atoms with van der Waals surface area (Å²) in [5, 5.41) is 5.29. The largest absolute Gasteiger partial charge is 0.292 e. The summed E-state index contributed by atoms with van der Waals surface area (Å²) >= 11 is 2.26. The summed E-state index contributed by atoms with van der Waals surface area (Å²) in [6, 6.07) is 15.8. The van der Waals surface area contributed by atoms with Gasteiger partial charge in [-0.15, -0.1) is 0 Å². The Kier molecular flexibility index (Phi) is 3.56. The Morgan fingerprint density at radius 2 is 1.85 bits per heavy atom. The number of aromatic nitrogens is 2. The smallest absolute Gasteiger partial charge is 0.188 e. The molecule has 4 heteroatoms. The van der Waals surface area contributed by atoms with E-state index >= 15 is 0 Å². The molecule has 0 aliphatic rings. The summed E-state index contributed by atoms with van der Waals surface area (Å²) in [5.74, 6) is 0.0583. The molecule has 1 heterocycles. The van der Waals surface area contributed by atoms with Crippen molar-refractivity contribution in [2.45, 2.75) is 6.42 Å². The maximum absolute atomic E-state index is 12.4. The van der Waals surface area contributed by atoms with E-state index < -0.39 is 0 Å². The predicted molar refractivity (Wildman–Crippen MR) is 87.9 cm³/mol. The van der Waals surface area contributed by atoms with Crippen LogP contribution in [0.1, 0.15) is 16.1 Å². The minimum atomic E-state index is 0.0583. The maximum Gasteiger partial charge on any atom is 0.188 e. The van der Waals surface area contributed by atoms with Crippen LogP contribution in [-0.2, 0) is 13.5 Å². The van der Waals surface area contributed by atoms with Crippen molar-refractivity contribution in [3.63, 3.8) is 0 Å². The van der Waals surface area contributed by atoms with Gasteiger partial charge in [-0.2, -0.15) is 5.10 Å². The fourth-order valence-corrected chi connectivity index (χ4v) is 2.65. The van der Waals surface area contributed by atoms with Crippen LogP contribution in [0.5, 0.6) is 0 Å². The molecule has 0 bridgehead atoms. The Morgan fingerprint density at radius 1 is 1.15 bits per heavy atom. The summed E-state index contributed by atoms with van der Waals surface area (Å²) in [7, 11) is 1.87. The third-order valence-corrected chi connectivity index (χ3v) is 4.02. The van der Waals surface area contributed by atoms with Gasteiger partial charge in [-0.1, -0.05) is 30.3 Å². The lowest BCUT2D eigenvalue weighted by Crippen LogP contribution is -2.05. The molecular weight excluding hydrogens is 363 g/mol. The normalized spacial score (nSPS) is 10.9. The van der Waals surface area contributed by atoms with Crippen LogP contribution in [0.25, 0.3) is 10.9 Å². The molecule has 0 radical (unpaired) electrons. The monoisotopic (exact) mass is 376 g/mol. The molecule has 0 saturated carbocycles. The van der Waals surface area contributed by atoms with Gasteiger partial charge in [0.05, 0.1) is 5.52 Å². The second-order valence-electron chi connectivity index (χ2n) is 4.72. The zero-order chi connectivity index (χ0) is 14.1. The highest BCUT2D eigenvalue weighted by Crippen LogP contribution is 2.19. The molecule has 3 aromatic rings. The van der Waals surface area contributed by atoms with Crippen molar-refractivity contribution in [3.05, 3.63) is 63.4 Å². The number of carbonyl (C=O) groups excluding carboxylic acids is 1. The second-order valence-corrected chi connectivity index (χ2v) is 5.96. The lowest BCUT2D eigenvalue weighted by molar-refractivity contribution is 0.0989. The quantitative estimate of drug-likeness (QED) is 0.517. The number of ketones is 1. The number of benzene rings is 2. The lowest BCUT2D eigenvalue weighted by atomic mass is 10.0. The molecule has 20 heavy (non-hydrogen) atoms. The van der Waals surface area contributed by atoms with Gasteiger partial charge in [0, 0.05) is 22.4 Å². The average Bonchev–Trinajstić information content (AvgIpc) is 2.79. The van der Waals surface area contributed by atoms with E-state index in [1.165, 1.54) is 3.57 Å². The fourth-order valence-electron chi connectivity index (χ4n) is 2.29. The molecule has 0 unspecified atom stereocenters. The van der Waals surface area contributed by atoms with E-state index in [-0.39, 0.29) is 5.78 Å². The molecule has 0 amide bonds. The molecule has 0 aliphatic heterocycles. The van der Waals surface area contributed by atoms with Crippen molar-refractivity contribution in [3.8, 4) is 0 Å². The Morgan fingerprint density at radius 3 is 2.60 bits per heavy atom. The Hall–Kier alpha value is -1.69. The van der Waals surface area contributed by atoms with Crippen LogP contribution in [0, 0.1) is 3.57 Å². The third kappa shape index (κ3) is 2.47. The number of hydrogen-bond acceptors (Lipinski definition) is 2. The summed E-state index contributed by atoms with van der Waals surface area (Å²) in [6.45, 7) is 0. The summed E-state index contributed by atoms with van der Waals surface area (Å²) in [4.78, 5) is 12.4. The number of fused-ring (bicyclic) bond motifs is 1. The molecule has 0 N–H and O–H groups in total. The van der Waals surface area contributed by atoms with Crippen LogP contribution in [0.2, 0.25) is 0 Å². The highest BCUT2D eigenvalue weighted by atomic mass is 127. The minimum Gasteiger partial charge on any atom is -0.292 e. The first-order chi connectivity index (χ1) is 9.65. The first-order valence-electron chi connectivity index (χ1n) is 6.34. The van der Waals surface area contributed by atoms with Crippen molar-refractivity contribution in [1.82, 2.24) is 9.78 Å². The average molecular weight is 376 g/mol. The van der Waals surface area contributed by atoms with Crippen LogP contribution in [0.15, 0.2) is 48.5 Å². The number of halogens is 1. The number of hydrogen-bond donors (Lipinski definition) is 0. The van der Waals surface area contributed by atoms with Gasteiger partial charge in [0.2, 0.25) is 0 Å². The zero-order valence-corrected chi connectivity index (χ0v) is 13.2. The Labute approximate surface area is 130 Å². The number of carbonyl (C=O) groups is 1. The van der Waals surface area contributed by atoms with Crippen molar-refractivity contribution in [2.24, 2.45) is 7.05 Å². The molecule has 0 atom stereocenters. The van der Waals surface area contributed by atoms with Gasteiger partial charge in [-0.3, -0.25) is 9.48 Å². The van der Waals surface area contributed by atoms with Gasteiger partial charge in [0.25, 0.3) is 0 Å². The number of nitrogens with zero attached hydrogens (tertiary/aromatic N) is 2. The fraction of sp³-hybridized carbons (Fsp3) is 0.125. The van der Waals surface area contributed by atoms with E-state index in [1.807, 2.05) is 55.6 Å². The standard InChI is InChI=1S/C16H13IN2O/c1-19-14-5-3-2-4-13(14)16(18-19)15(20)10-11-6-8-12(17)9-7-11/h2-9H,10H2,1H3. The molecule has 0 spiro atoms. The van der Waals surface area contributed by atoms with Gasteiger partial charge in [-0.05, 0) is 46.4 Å². The molecule has 0 fully saturated rings. The van der Waals surface area contributed by atoms with Crippen molar-refractivity contribution in [2.75, 3.05) is 0 Å². The zero-order valence-electron chi connectivity index (χ0n) is 11.0. The number of Topliss-reactive ketones (excluding diaryl/α,β-unsaturated/α-hetero) is 1. The number of para-hydroxylation sites is 1. The van der Waals surface area contributed by atoms with E-state index in [2.05, 4.69) is 27.7 Å². The molecule has 2 aromatic carbocycles. The highest BCUT2D eigenvalue weighted by Gasteiger charge is 2.15. The van der Waals surface area contributed by atoms with Gasteiger partial charge in [0.1, 0.15) is 5.69 Å². The third-order valence-electron chi connectivity index (χ3n) is 3.30. The second kappa shape index (κ2) is 5.36. The van der Waals surface area contributed by atoms with E-state index in [1.54, 1.807) is 4.68 Å². The Balaban J connectivity index is 1.95. The van der Waals surface area contributed by atoms with Crippen LogP contribution in [0.3, 0.4) is 0 Å². The first-order valence-corrected chi connectivity index (χ1v) is 7.42. The minimum absolute atomic E-state index is 0.0583. The lowest BCUT2D eigenvalue weighted by Gasteiger charge is -2.00. The van der Waals surface area contributed by atoms with E-state index in [0.29, 0.717) is 12.1 Å². The highest BCUT2D eigenvalue weighted by molar-refractivity contribution is 14.1. The van der Waals surface area contributed by atoms with Gasteiger partial charge in [-0.25, -0.2) is 0 Å². The molecule has 100 valence electrons. The number of rotatable bonds is 3. The van der Waals surface area contributed by atoms with E-state index in [9.17, 15) is 4.79 Å². The Bertz CT molecular complexity index is 775. The van der Waals surface area contributed by atoms with Gasteiger partial charge >= 0.3 is 0 Å². The molecular formula is C16H13IN2O. The molecule has 3 rings (SSSR count). The van der Waals surface area contributed by atoms with Crippen molar-refractivity contribution >= 4 is 39.3 Å². The van der Waals surface area contributed by atoms with Gasteiger partial charge in [0.15, 0.2) is 5.78 Å². The van der Waals surface area contributed by atoms with E-state index in [0.717, 1.165) is 16.5 Å². The molecule has 1 aromatic heterocycles. The van der Waals surface area contributed by atoms with Crippen LogP contribution < -0.4 is 0 Å². The van der Waals surface area contributed by atoms with Crippen molar-refractivity contribution in [1.29, 1.82) is 0 Å². The number of aryl methyl sites for hydroxylation is 1. The molecule has 3 nitrogen and oxygen atoms in total. The van der Waals surface area contributed by atoms with Crippen LogP contribution >= 0.6 is 22.6 Å². The predicted octanol–water partition coefficient (Wildman–Crippen LogP) is 3.60. The summed E-state index contributed by atoms with van der Waals surface area (Å²) in [6.07, 6.45) is 0.387. The van der Waals surface area contributed by atoms with Crippen molar-refractivity contribution < 1.29 is 4.79 Å². The topological polar surface area (TPSA) is 34.9 Å². The SMILES string of the molecule is Cn1nc(C(=O)Cc2ccc(I)cc2)c2ccccc21. The maximum atomic E-state index is 12.4. The molecule has 0 aliphatic carbocycles.